The van der Waals surface area contributed by atoms with Crippen LogP contribution in [0.25, 0.3) is 12.2 Å². The van der Waals surface area contributed by atoms with Crippen molar-refractivity contribution in [2.75, 3.05) is 0 Å². The Bertz CT molecular complexity index is 642. The van der Waals surface area contributed by atoms with Gasteiger partial charge in [0.15, 0.2) is 0 Å². The summed E-state index contributed by atoms with van der Waals surface area (Å²) in [5.74, 6) is 0.876. The number of hydrogen-bond acceptors (Lipinski definition) is 1. The van der Waals surface area contributed by atoms with Crippen molar-refractivity contribution >= 4 is 12.2 Å². The summed E-state index contributed by atoms with van der Waals surface area (Å²) in [5, 5.41) is 0. The SMILES string of the molecule is CCCCCC1CCc2nc(/C=C/c3ccccc3)ccc2C1. The molecular formula is C22H27N. The van der Waals surface area contributed by atoms with E-state index in [1.54, 1.807) is 0 Å². The summed E-state index contributed by atoms with van der Waals surface area (Å²) in [6.07, 6.45) is 13.5. The van der Waals surface area contributed by atoms with Gasteiger partial charge in [-0.15, -0.1) is 0 Å². The van der Waals surface area contributed by atoms with Crippen molar-refractivity contribution < 1.29 is 0 Å². The van der Waals surface area contributed by atoms with Crippen LogP contribution in [0.3, 0.4) is 0 Å². The molecule has 1 unspecified atom stereocenters. The molecule has 0 saturated carbocycles. The third kappa shape index (κ3) is 4.54. The van der Waals surface area contributed by atoms with Crippen molar-refractivity contribution in [3.63, 3.8) is 0 Å². The molecule has 0 bridgehead atoms. The van der Waals surface area contributed by atoms with Gasteiger partial charge < -0.3 is 0 Å². The number of pyridine rings is 1. The Balaban J connectivity index is 1.64. The fourth-order valence-corrected chi connectivity index (χ4v) is 3.47. The summed E-state index contributed by atoms with van der Waals surface area (Å²) in [6, 6.07) is 14.9. The predicted molar refractivity (Wildman–Crippen MR) is 99.3 cm³/mol. The number of fused-ring (bicyclic) bond motifs is 1. The number of benzene rings is 1. The lowest BCUT2D eigenvalue weighted by molar-refractivity contribution is 0.404. The topological polar surface area (TPSA) is 12.9 Å². The van der Waals surface area contributed by atoms with Crippen LogP contribution in [0.2, 0.25) is 0 Å². The number of rotatable bonds is 6. The number of unbranched alkanes of at least 4 members (excludes halogenated alkanes) is 2. The zero-order valence-electron chi connectivity index (χ0n) is 14.2. The van der Waals surface area contributed by atoms with Crippen LogP contribution in [0.4, 0.5) is 0 Å². The molecule has 0 radical (unpaired) electrons. The van der Waals surface area contributed by atoms with E-state index in [0.29, 0.717) is 0 Å². The molecule has 1 heterocycles. The molecule has 0 saturated heterocycles. The monoisotopic (exact) mass is 305 g/mol. The average molecular weight is 305 g/mol. The van der Waals surface area contributed by atoms with Crippen molar-refractivity contribution in [1.82, 2.24) is 4.98 Å². The van der Waals surface area contributed by atoms with Crippen LogP contribution < -0.4 is 0 Å². The van der Waals surface area contributed by atoms with Crippen molar-refractivity contribution in [2.45, 2.75) is 51.9 Å². The molecule has 1 heteroatoms. The summed E-state index contributed by atoms with van der Waals surface area (Å²) in [6.45, 7) is 2.28. The molecule has 1 aromatic carbocycles. The highest BCUT2D eigenvalue weighted by Gasteiger charge is 2.19. The standard InChI is InChI=1S/C22H27N/c1-2-3-5-10-19-12-16-22-20(17-19)13-15-21(23-22)14-11-18-8-6-4-7-9-18/h4,6-9,11,13-15,19H,2-3,5,10,12,16-17H2,1H3/b14-11+. The van der Waals surface area contributed by atoms with E-state index < -0.39 is 0 Å². The molecule has 1 nitrogen and oxygen atoms in total. The Morgan fingerprint density at radius 2 is 1.91 bits per heavy atom. The maximum absolute atomic E-state index is 4.87. The lowest BCUT2D eigenvalue weighted by atomic mass is 9.83. The predicted octanol–water partition coefficient (Wildman–Crippen LogP) is 5.94. The maximum atomic E-state index is 4.87. The largest absolute Gasteiger partial charge is 0.253 e. The second-order valence-corrected chi connectivity index (χ2v) is 6.69. The molecule has 3 rings (SSSR count). The number of hydrogen-bond donors (Lipinski definition) is 0. The van der Waals surface area contributed by atoms with Gasteiger partial charge in [-0.2, -0.15) is 0 Å². The maximum Gasteiger partial charge on any atom is 0.0633 e. The summed E-state index contributed by atoms with van der Waals surface area (Å²) >= 11 is 0. The van der Waals surface area contributed by atoms with Gasteiger partial charge in [-0.05, 0) is 48.4 Å². The first-order valence-electron chi connectivity index (χ1n) is 9.07. The zero-order valence-corrected chi connectivity index (χ0v) is 14.2. The van der Waals surface area contributed by atoms with Crippen LogP contribution in [0.1, 0.15) is 61.5 Å². The molecule has 1 atom stereocenters. The van der Waals surface area contributed by atoms with Gasteiger partial charge in [-0.3, -0.25) is 4.98 Å². The van der Waals surface area contributed by atoms with Crippen molar-refractivity contribution in [3.05, 3.63) is 65.0 Å². The van der Waals surface area contributed by atoms with Gasteiger partial charge in [0.25, 0.3) is 0 Å². The second-order valence-electron chi connectivity index (χ2n) is 6.69. The highest BCUT2D eigenvalue weighted by molar-refractivity contribution is 5.68. The fraction of sp³-hybridized carbons (Fsp3) is 0.409. The summed E-state index contributed by atoms with van der Waals surface area (Å²) in [4.78, 5) is 4.87. The van der Waals surface area contributed by atoms with Crippen LogP contribution in [0, 0.1) is 5.92 Å². The highest BCUT2D eigenvalue weighted by atomic mass is 14.7. The van der Waals surface area contributed by atoms with Crippen LogP contribution in [0.5, 0.6) is 0 Å². The number of aryl methyl sites for hydroxylation is 1. The smallest absolute Gasteiger partial charge is 0.0633 e. The van der Waals surface area contributed by atoms with E-state index in [1.165, 1.54) is 55.3 Å². The van der Waals surface area contributed by atoms with E-state index >= 15 is 0 Å². The van der Waals surface area contributed by atoms with Crippen LogP contribution >= 0.6 is 0 Å². The van der Waals surface area contributed by atoms with Crippen molar-refractivity contribution in [3.8, 4) is 0 Å². The minimum absolute atomic E-state index is 0.876. The van der Waals surface area contributed by atoms with Crippen LogP contribution in [0.15, 0.2) is 42.5 Å². The average Bonchev–Trinajstić information content (AvgIpc) is 2.61. The molecule has 2 aromatic rings. The Morgan fingerprint density at radius 1 is 1.04 bits per heavy atom. The first kappa shape index (κ1) is 16.0. The van der Waals surface area contributed by atoms with E-state index in [9.17, 15) is 0 Å². The van der Waals surface area contributed by atoms with Gasteiger partial charge in [0.2, 0.25) is 0 Å². The Hall–Kier alpha value is -1.89. The molecule has 0 aliphatic heterocycles. The number of nitrogens with zero attached hydrogens (tertiary/aromatic N) is 1. The number of aromatic nitrogens is 1. The first-order chi connectivity index (χ1) is 11.3. The molecule has 1 aliphatic rings. The molecular weight excluding hydrogens is 278 g/mol. The van der Waals surface area contributed by atoms with E-state index in [-0.39, 0.29) is 0 Å². The molecule has 23 heavy (non-hydrogen) atoms. The minimum Gasteiger partial charge on any atom is -0.253 e. The molecule has 1 aromatic heterocycles. The molecule has 1 aliphatic carbocycles. The highest BCUT2D eigenvalue weighted by Crippen LogP contribution is 2.28. The van der Waals surface area contributed by atoms with E-state index in [4.69, 9.17) is 4.98 Å². The van der Waals surface area contributed by atoms with Gasteiger partial charge in [0.1, 0.15) is 0 Å². The Kier molecular flexibility index (Phi) is 5.63. The second kappa shape index (κ2) is 8.10. The molecule has 0 N–H and O–H groups in total. The molecule has 0 fully saturated rings. The summed E-state index contributed by atoms with van der Waals surface area (Å²) in [5.41, 5.74) is 5.11. The fourth-order valence-electron chi connectivity index (χ4n) is 3.47. The van der Waals surface area contributed by atoms with Gasteiger partial charge >= 0.3 is 0 Å². The minimum atomic E-state index is 0.876. The van der Waals surface area contributed by atoms with Gasteiger partial charge in [-0.25, -0.2) is 0 Å². The third-order valence-corrected chi connectivity index (χ3v) is 4.85. The Morgan fingerprint density at radius 3 is 2.74 bits per heavy atom. The normalized spacial score (nSPS) is 17.3. The van der Waals surface area contributed by atoms with Crippen molar-refractivity contribution in [1.29, 1.82) is 0 Å². The lowest BCUT2D eigenvalue weighted by Crippen LogP contribution is -2.15. The lowest BCUT2D eigenvalue weighted by Gasteiger charge is -2.24. The first-order valence-corrected chi connectivity index (χ1v) is 9.07. The molecule has 0 amide bonds. The van der Waals surface area contributed by atoms with Gasteiger partial charge in [0.05, 0.1) is 5.69 Å². The quantitative estimate of drug-likeness (QED) is 0.602. The van der Waals surface area contributed by atoms with Crippen LogP contribution in [-0.2, 0) is 12.8 Å². The summed E-state index contributed by atoms with van der Waals surface area (Å²) < 4.78 is 0. The third-order valence-electron chi connectivity index (χ3n) is 4.85. The van der Waals surface area contributed by atoms with Gasteiger partial charge in [0, 0.05) is 5.69 Å². The molecule has 0 spiro atoms. The summed E-state index contributed by atoms with van der Waals surface area (Å²) in [7, 11) is 0. The van der Waals surface area contributed by atoms with E-state index in [1.807, 2.05) is 6.07 Å². The Labute approximate surface area is 140 Å². The molecule has 120 valence electrons. The van der Waals surface area contributed by atoms with Gasteiger partial charge in [-0.1, -0.05) is 75.1 Å². The van der Waals surface area contributed by atoms with E-state index in [2.05, 4.69) is 55.5 Å². The van der Waals surface area contributed by atoms with Crippen molar-refractivity contribution in [2.24, 2.45) is 5.92 Å². The van der Waals surface area contributed by atoms with Crippen LogP contribution in [-0.4, -0.2) is 4.98 Å². The zero-order chi connectivity index (χ0) is 15.9. The van der Waals surface area contributed by atoms with E-state index in [0.717, 1.165) is 18.0 Å².